The van der Waals surface area contributed by atoms with E-state index in [-0.39, 0.29) is 29.9 Å². The number of pyridine rings is 1. The molecule has 2 fully saturated rings. The summed E-state index contributed by atoms with van der Waals surface area (Å²) in [7, 11) is 0. The van der Waals surface area contributed by atoms with Crippen LogP contribution in [0.1, 0.15) is 36.7 Å². The van der Waals surface area contributed by atoms with Gasteiger partial charge in [0.05, 0.1) is 12.6 Å². The average Bonchev–Trinajstić information content (AvgIpc) is 2.70. The van der Waals surface area contributed by atoms with Crippen molar-refractivity contribution >= 4 is 11.8 Å². The number of carbonyl (C=O) groups excluding carboxylic acids is 2. The third kappa shape index (κ3) is 4.59. The van der Waals surface area contributed by atoms with Gasteiger partial charge in [0.25, 0.3) is 5.91 Å². The number of piperidine rings is 1. The second kappa shape index (κ2) is 9.09. The van der Waals surface area contributed by atoms with Gasteiger partial charge in [-0.1, -0.05) is 6.07 Å². The number of nitrogens with zero attached hydrogens (tertiary/aromatic N) is 2. The molecule has 1 N–H and O–H groups in total. The second-order valence-corrected chi connectivity index (χ2v) is 6.75. The van der Waals surface area contributed by atoms with E-state index in [1.807, 2.05) is 13.0 Å². The molecule has 7 nitrogen and oxygen atoms in total. The van der Waals surface area contributed by atoms with E-state index in [1.54, 1.807) is 23.2 Å². The summed E-state index contributed by atoms with van der Waals surface area (Å²) in [5.41, 5.74) is 0.456. The zero-order valence-electron chi connectivity index (χ0n) is 15.2. The normalized spacial score (nSPS) is 24.3. The Kier molecular flexibility index (Phi) is 6.57. The van der Waals surface area contributed by atoms with Gasteiger partial charge in [0.15, 0.2) is 0 Å². The number of likely N-dealkylation sites (tertiary alicyclic amines) is 1. The highest BCUT2D eigenvalue weighted by Crippen LogP contribution is 2.20. The molecule has 3 rings (SSSR count). The van der Waals surface area contributed by atoms with E-state index in [9.17, 15) is 9.59 Å². The monoisotopic (exact) mass is 361 g/mol. The fourth-order valence-electron chi connectivity index (χ4n) is 3.55. The molecule has 2 aliphatic heterocycles. The summed E-state index contributed by atoms with van der Waals surface area (Å²) in [5.74, 6) is -0.0651. The maximum absolute atomic E-state index is 12.6. The topological polar surface area (TPSA) is 80.8 Å². The van der Waals surface area contributed by atoms with Crippen LogP contribution in [0.25, 0.3) is 0 Å². The first-order valence-electron chi connectivity index (χ1n) is 9.39. The van der Waals surface area contributed by atoms with Gasteiger partial charge < -0.3 is 19.7 Å². The maximum Gasteiger partial charge on any atom is 0.272 e. The van der Waals surface area contributed by atoms with Crippen LogP contribution in [0.4, 0.5) is 0 Å². The number of aromatic nitrogens is 1. The zero-order chi connectivity index (χ0) is 18.4. The van der Waals surface area contributed by atoms with Crippen molar-refractivity contribution in [3.05, 3.63) is 30.1 Å². The standard InChI is InChI=1S/C19H27N3O4/c1-2-26-17-13-25-12-8-15(17)21-18(23)14-6-10-22(11-7-14)19(24)16-5-3-4-9-20-16/h3-5,9,14-15,17H,2,6-8,10-13H2,1H3,(H,21,23)/t15-,17-/m1/s1. The maximum atomic E-state index is 12.6. The lowest BCUT2D eigenvalue weighted by atomic mass is 9.94. The second-order valence-electron chi connectivity index (χ2n) is 6.75. The first-order chi connectivity index (χ1) is 12.7. The Morgan fingerprint density at radius 2 is 2.12 bits per heavy atom. The van der Waals surface area contributed by atoms with E-state index in [1.165, 1.54) is 0 Å². The molecular weight excluding hydrogens is 334 g/mol. The quantitative estimate of drug-likeness (QED) is 0.854. The van der Waals surface area contributed by atoms with Crippen LogP contribution in [0.15, 0.2) is 24.4 Å². The lowest BCUT2D eigenvalue weighted by molar-refractivity contribution is -0.131. The lowest BCUT2D eigenvalue weighted by Gasteiger charge is -2.35. The summed E-state index contributed by atoms with van der Waals surface area (Å²) in [6.07, 6.45) is 3.66. The first kappa shape index (κ1) is 18.8. The van der Waals surface area contributed by atoms with Crippen LogP contribution >= 0.6 is 0 Å². The predicted molar refractivity (Wildman–Crippen MR) is 95.6 cm³/mol. The third-order valence-corrected chi connectivity index (χ3v) is 5.05. The molecule has 0 radical (unpaired) electrons. The van der Waals surface area contributed by atoms with Crippen LogP contribution in [0.3, 0.4) is 0 Å². The van der Waals surface area contributed by atoms with Crippen molar-refractivity contribution in [2.75, 3.05) is 32.9 Å². The Morgan fingerprint density at radius 1 is 1.31 bits per heavy atom. The molecule has 1 aromatic rings. The molecule has 7 heteroatoms. The van der Waals surface area contributed by atoms with E-state index < -0.39 is 0 Å². The minimum Gasteiger partial charge on any atom is -0.379 e. The lowest BCUT2D eigenvalue weighted by Crippen LogP contribution is -2.52. The first-order valence-corrected chi connectivity index (χ1v) is 9.39. The summed E-state index contributed by atoms with van der Waals surface area (Å²) < 4.78 is 11.1. The highest BCUT2D eigenvalue weighted by molar-refractivity contribution is 5.92. The molecule has 26 heavy (non-hydrogen) atoms. The Morgan fingerprint density at radius 3 is 2.81 bits per heavy atom. The van der Waals surface area contributed by atoms with Crippen molar-refractivity contribution in [2.24, 2.45) is 5.92 Å². The largest absolute Gasteiger partial charge is 0.379 e. The molecule has 0 bridgehead atoms. The van der Waals surface area contributed by atoms with E-state index >= 15 is 0 Å². The van der Waals surface area contributed by atoms with E-state index in [0.29, 0.717) is 51.4 Å². The van der Waals surface area contributed by atoms with Gasteiger partial charge >= 0.3 is 0 Å². The molecule has 2 amide bonds. The molecule has 3 heterocycles. The van der Waals surface area contributed by atoms with Gasteiger partial charge in [-0.25, -0.2) is 0 Å². The van der Waals surface area contributed by atoms with E-state index in [4.69, 9.17) is 9.47 Å². The molecule has 2 aliphatic rings. The Balaban J connectivity index is 1.49. The molecule has 0 unspecified atom stereocenters. The van der Waals surface area contributed by atoms with Gasteiger partial charge in [-0.05, 0) is 38.3 Å². The Bertz CT molecular complexity index is 600. The average molecular weight is 361 g/mol. The molecule has 142 valence electrons. The van der Waals surface area contributed by atoms with Crippen LogP contribution in [-0.2, 0) is 14.3 Å². The predicted octanol–water partition coefficient (Wildman–Crippen LogP) is 1.24. The van der Waals surface area contributed by atoms with E-state index in [2.05, 4.69) is 10.3 Å². The number of rotatable bonds is 5. The Hall–Kier alpha value is -1.99. The fraction of sp³-hybridized carbons (Fsp3) is 0.632. The number of nitrogens with one attached hydrogen (secondary N) is 1. The summed E-state index contributed by atoms with van der Waals surface area (Å²) >= 11 is 0. The van der Waals surface area contributed by atoms with Crippen molar-refractivity contribution < 1.29 is 19.1 Å². The van der Waals surface area contributed by atoms with Gasteiger partial charge in [0.2, 0.25) is 5.91 Å². The van der Waals surface area contributed by atoms with Crippen LogP contribution in [-0.4, -0.2) is 66.8 Å². The van der Waals surface area contributed by atoms with Gasteiger partial charge in [0.1, 0.15) is 11.8 Å². The smallest absolute Gasteiger partial charge is 0.272 e. The highest BCUT2D eigenvalue weighted by atomic mass is 16.5. The minimum atomic E-state index is -0.0801. The molecule has 0 aliphatic carbocycles. The summed E-state index contributed by atoms with van der Waals surface area (Å²) in [6, 6.07) is 5.33. The molecule has 0 aromatic carbocycles. The number of amides is 2. The van der Waals surface area contributed by atoms with Crippen molar-refractivity contribution in [3.63, 3.8) is 0 Å². The van der Waals surface area contributed by atoms with Crippen molar-refractivity contribution in [1.82, 2.24) is 15.2 Å². The summed E-state index contributed by atoms with van der Waals surface area (Å²) in [5, 5.41) is 3.14. The number of carbonyl (C=O) groups is 2. The van der Waals surface area contributed by atoms with Gasteiger partial charge in [-0.3, -0.25) is 14.6 Å². The van der Waals surface area contributed by atoms with Crippen LogP contribution in [0.2, 0.25) is 0 Å². The summed E-state index contributed by atoms with van der Waals surface area (Å²) in [4.78, 5) is 31.0. The molecule has 1 aromatic heterocycles. The molecular formula is C19H27N3O4. The van der Waals surface area contributed by atoms with Crippen molar-refractivity contribution in [2.45, 2.75) is 38.3 Å². The van der Waals surface area contributed by atoms with Gasteiger partial charge in [-0.15, -0.1) is 0 Å². The van der Waals surface area contributed by atoms with Crippen LogP contribution < -0.4 is 5.32 Å². The molecule has 2 saturated heterocycles. The van der Waals surface area contributed by atoms with E-state index in [0.717, 1.165) is 6.42 Å². The molecule has 0 saturated carbocycles. The van der Waals surface area contributed by atoms with Crippen LogP contribution in [0, 0.1) is 5.92 Å². The van der Waals surface area contributed by atoms with Crippen molar-refractivity contribution in [3.8, 4) is 0 Å². The zero-order valence-corrected chi connectivity index (χ0v) is 15.2. The van der Waals surface area contributed by atoms with Gasteiger partial charge in [0, 0.05) is 38.4 Å². The van der Waals surface area contributed by atoms with Crippen LogP contribution in [0.5, 0.6) is 0 Å². The number of hydrogen-bond acceptors (Lipinski definition) is 5. The third-order valence-electron chi connectivity index (χ3n) is 5.05. The molecule has 0 spiro atoms. The fourth-order valence-corrected chi connectivity index (χ4v) is 3.55. The molecule has 2 atom stereocenters. The SMILES string of the molecule is CCO[C@@H]1COCC[C@H]1NC(=O)C1CCN(C(=O)c2ccccn2)CC1. The minimum absolute atomic E-state index is 0.00406. The number of ether oxygens (including phenoxy) is 2. The van der Waals surface area contributed by atoms with Gasteiger partial charge in [-0.2, -0.15) is 0 Å². The number of hydrogen-bond donors (Lipinski definition) is 1. The highest BCUT2D eigenvalue weighted by Gasteiger charge is 2.32. The summed E-state index contributed by atoms with van der Waals surface area (Å²) in [6.45, 7) is 4.88. The van der Waals surface area contributed by atoms with Crippen molar-refractivity contribution in [1.29, 1.82) is 0 Å². The Labute approximate surface area is 154 Å².